The van der Waals surface area contributed by atoms with Gasteiger partial charge in [-0.3, -0.25) is 4.57 Å². The summed E-state index contributed by atoms with van der Waals surface area (Å²) in [6, 6.07) is 13.5. The van der Waals surface area contributed by atoms with Gasteiger partial charge in [0.05, 0.1) is 11.6 Å². The number of fused-ring (bicyclic) bond motifs is 1. The first-order valence-corrected chi connectivity index (χ1v) is 7.82. The Hall–Kier alpha value is -1.60. The van der Waals surface area contributed by atoms with Crippen LogP contribution in [0.5, 0.6) is 0 Å². The minimum atomic E-state index is -0.326. The van der Waals surface area contributed by atoms with E-state index in [1.807, 2.05) is 43.3 Å². The van der Waals surface area contributed by atoms with Gasteiger partial charge in [-0.1, -0.05) is 18.2 Å². The number of benzene rings is 2. The SMILES string of the molecule is CCn1c(=O)oc2cc(C(N)c3cccc(I)c3)ccc21. The van der Waals surface area contributed by atoms with Gasteiger partial charge in [0.2, 0.25) is 0 Å². The topological polar surface area (TPSA) is 61.2 Å². The lowest BCUT2D eigenvalue weighted by Crippen LogP contribution is -2.12. The largest absolute Gasteiger partial charge is 0.419 e. The third-order valence-corrected chi connectivity index (χ3v) is 4.25. The summed E-state index contributed by atoms with van der Waals surface area (Å²) in [5.41, 5.74) is 9.69. The van der Waals surface area contributed by atoms with E-state index < -0.39 is 0 Å². The average Bonchev–Trinajstić information content (AvgIpc) is 2.80. The molecule has 0 aliphatic rings. The summed E-state index contributed by atoms with van der Waals surface area (Å²) < 4.78 is 8.04. The molecule has 0 spiro atoms. The van der Waals surface area contributed by atoms with Crippen molar-refractivity contribution in [2.45, 2.75) is 19.5 Å². The fourth-order valence-electron chi connectivity index (χ4n) is 2.47. The molecule has 0 saturated heterocycles. The summed E-state index contributed by atoms with van der Waals surface area (Å²) in [5, 5.41) is 0. The molecule has 0 radical (unpaired) electrons. The van der Waals surface area contributed by atoms with Crippen LogP contribution in [0.2, 0.25) is 0 Å². The highest BCUT2D eigenvalue weighted by atomic mass is 127. The number of nitrogens with two attached hydrogens (primary N) is 1. The highest BCUT2D eigenvalue weighted by molar-refractivity contribution is 14.1. The van der Waals surface area contributed by atoms with Gasteiger partial charge in [0.1, 0.15) is 0 Å². The van der Waals surface area contributed by atoms with Gasteiger partial charge in [-0.2, -0.15) is 0 Å². The van der Waals surface area contributed by atoms with Gasteiger partial charge in [-0.05, 0) is 64.9 Å². The van der Waals surface area contributed by atoms with Gasteiger partial charge in [0.25, 0.3) is 0 Å². The van der Waals surface area contributed by atoms with E-state index in [4.69, 9.17) is 10.2 Å². The maximum atomic E-state index is 11.7. The Bertz CT molecular complexity index is 851. The zero-order valence-electron chi connectivity index (χ0n) is 11.5. The fraction of sp³-hybridized carbons (Fsp3) is 0.188. The lowest BCUT2D eigenvalue weighted by atomic mass is 9.99. The fourth-order valence-corrected chi connectivity index (χ4v) is 3.04. The van der Waals surface area contributed by atoms with Crippen LogP contribution in [0.4, 0.5) is 0 Å². The van der Waals surface area contributed by atoms with Crippen LogP contribution in [0.3, 0.4) is 0 Å². The van der Waals surface area contributed by atoms with E-state index in [2.05, 4.69) is 28.7 Å². The molecule has 108 valence electrons. The first kappa shape index (κ1) is 14.3. The van der Waals surface area contributed by atoms with Crippen molar-refractivity contribution in [3.8, 4) is 0 Å². The smallest absolute Gasteiger partial charge is 0.408 e. The molecule has 0 aliphatic heterocycles. The molecule has 0 aliphatic carbocycles. The van der Waals surface area contributed by atoms with E-state index in [9.17, 15) is 4.79 Å². The standard InChI is InChI=1S/C16H15IN2O2/c1-2-19-13-7-6-11(9-14(13)21-16(19)20)15(18)10-4-3-5-12(17)8-10/h3-9,15H,2,18H2,1H3. The van der Waals surface area contributed by atoms with Gasteiger partial charge >= 0.3 is 5.76 Å². The Morgan fingerprint density at radius 2 is 2.00 bits per heavy atom. The number of hydrogen-bond donors (Lipinski definition) is 1. The normalized spacial score (nSPS) is 12.7. The Morgan fingerprint density at radius 1 is 1.24 bits per heavy atom. The van der Waals surface area contributed by atoms with Gasteiger partial charge in [0.15, 0.2) is 5.58 Å². The van der Waals surface area contributed by atoms with Gasteiger partial charge in [-0.25, -0.2) is 4.79 Å². The lowest BCUT2D eigenvalue weighted by Gasteiger charge is -2.13. The van der Waals surface area contributed by atoms with Crippen molar-refractivity contribution in [3.05, 3.63) is 67.7 Å². The minimum Gasteiger partial charge on any atom is -0.408 e. The van der Waals surface area contributed by atoms with E-state index >= 15 is 0 Å². The quantitative estimate of drug-likeness (QED) is 0.694. The van der Waals surface area contributed by atoms with Gasteiger partial charge in [-0.15, -0.1) is 0 Å². The maximum absolute atomic E-state index is 11.7. The molecule has 0 fully saturated rings. The third-order valence-electron chi connectivity index (χ3n) is 3.58. The highest BCUT2D eigenvalue weighted by Crippen LogP contribution is 2.24. The van der Waals surface area contributed by atoms with Crippen LogP contribution in [0.15, 0.2) is 51.7 Å². The second-order valence-corrected chi connectivity index (χ2v) is 6.12. The second-order valence-electron chi connectivity index (χ2n) is 4.87. The second kappa shape index (κ2) is 5.65. The first-order valence-electron chi connectivity index (χ1n) is 6.74. The first-order chi connectivity index (χ1) is 10.1. The van der Waals surface area contributed by atoms with Gasteiger partial charge in [0, 0.05) is 10.1 Å². The van der Waals surface area contributed by atoms with Crippen molar-refractivity contribution in [1.29, 1.82) is 0 Å². The zero-order chi connectivity index (χ0) is 15.0. The third kappa shape index (κ3) is 2.63. The summed E-state index contributed by atoms with van der Waals surface area (Å²) in [4.78, 5) is 11.7. The number of halogens is 1. The van der Waals surface area contributed by atoms with Crippen LogP contribution in [0, 0.1) is 3.57 Å². The van der Waals surface area contributed by atoms with E-state index in [0.29, 0.717) is 12.1 Å². The number of rotatable bonds is 3. The molecule has 1 heterocycles. The molecule has 21 heavy (non-hydrogen) atoms. The van der Waals surface area contributed by atoms with Crippen molar-refractivity contribution in [3.63, 3.8) is 0 Å². The number of nitrogens with zero attached hydrogens (tertiary/aromatic N) is 1. The Morgan fingerprint density at radius 3 is 2.71 bits per heavy atom. The van der Waals surface area contributed by atoms with Crippen molar-refractivity contribution >= 4 is 33.7 Å². The maximum Gasteiger partial charge on any atom is 0.419 e. The molecule has 0 amide bonds. The van der Waals surface area contributed by atoms with Crippen LogP contribution < -0.4 is 11.5 Å². The van der Waals surface area contributed by atoms with Crippen molar-refractivity contribution in [2.24, 2.45) is 5.73 Å². The molecule has 3 aromatic rings. The molecule has 4 nitrogen and oxygen atoms in total. The zero-order valence-corrected chi connectivity index (χ0v) is 13.7. The lowest BCUT2D eigenvalue weighted by molar-refractivity contribution is 0.513. The molecular weight excluding hydrogens is 379 g/mol. The molecular formula is C16H15IN2O2. The molecule has 5 heteroatoms. The molecule has 2 N–H and O–H groups in total. The van der Waals surface area contributed by atoms with Crippen LogP contribution in [-0.4, -0.2) is 4.57 Å². The number of oxazole rings is 1. The van der Waals surface area contributed by atoms with Crippen LogP contribution >= 0.6 is 22.6 Å². The number of aromatic nitrogens is 1. The van der Waals surface area contributed by atoms with E-state index in [0.717, 1.165) is 20.2 Å². The summed E-state index contributed by atoms with van der Waals surface area (Å²) in [5.74, 6) is -0.326. The predicted octanol–water partition coefficient (Wildman–Crippen LogP) is 3.27. The summed E-state index contributed by atoms with van der Waals surface area (Å²) in [7, 11) is 0. The van der Waals surface area contributed by atoms with E-state index in [1.165, 1.54) is 0 Å². The molecule has 0 bridgehead atoms. The highest BCUT2D eigenvalue weighted by Gasteiger charge is 2.13. The van der Waals surface area contributed by atoms with Crippen LogP contribution in [-0.2, 0) is 6.54 Å². The van der Waals surface area contributed by atoms with Crippen LogP contribution in [0.1, 0.15) is 24.1 Å². The van der Waals surface area contributed by atoms with E-state index in [1.54, 1.807) is 4.57 Å². The monoisotopic (exact) mass is 394 g/mol. The molecule has 2 aromatic carbocycles. The molecule has 1 aromatic heterocycles. The minimum absolute atomic E-state index is 0.237. The Labute approximate surface area is 135 Å². The molecule has 0 saturated carbocycles. The molecule has 3 rings (SSSR count). The van der Waals surface area contributed by atoms with E-state index in [-0.39, 0.29) is 11.8 Å². The molecule has 1 atom stereocenters. The molecule has 1 unspecified atom stereocenters. The summed E-state index contributed by atoms with van der Waals surface area (Å²) >= 11 is 2.27. The summed E-state index contributed by atoms with van der Waals surface area (Å²) in [6.45, 7) is 2.51. The van der Waals surface area contributed by atoms with Crippen molar-refractivity contribution in [2.75, 3.05) is 0 Å². The Balaban J connectivity index is 2.07. The van der Waals surface area contributed by atoms with Gasteiger partial charge < -0.3 is 10.2 Å². The number of hydrogen-bond acceptors (Lipinski definition) is 3. The summed E-state index contributed by atoms with van der Waals surface area (Å²) in [6.07, 6.45) is 0. The number of aryl methyl sites for hydroxylation is 1. The van der Waals surface area contributed by atoms with Crippen molar-refractivity contribution < 1.29 is 4.42 Å². The van der Waals surface area contributed by atoms with Crippen molar-refractivity contribution in [1.82, 2.24) is 4.57 Å². The predicted molar refractivity (Wildman–Crippen MR) is 91.3 cm³/mol. The van der Waals surface area contributed by atoms with Crippen LogP contribution in [0.25, 0.3) is 11.1 Å². The Kier molecular flexibility index (Phi) is 3.86. The average molecular weight is 394 g/mol.